The quantitative estimate of drug-likeness (QED) is 0.279. The van der Waals surface area contributed by atoms with Crippen molar-refractivity contribution in [2.45, 2.75) is 37.6 Å². The molecule has 0 spiro atoms. The van der Waals surface area contributed by atoms with Crippen molar-refractivity contribution < 1.29 is 23.0 Å². The first-order valence-electron chi connectivity index (χ1n) is 12.9. The second kappa shape index (κ2) is 10.8. The molecule has 0 bridgehead atoms. The molecule has 6 rings (SSSR count). The molecule has 0 saturated carbocycles. The standard InChI is InChI=1S/C31H27F2N3O4/c32-31(33)28(39-18-23-12-6-10-21-8-2-4-14-25(21)23)26(40-29(31)36-16-15-27(34)35-30(36)37)19-38-17-22-11-5-9-20-7-1-3-13-24(20)22/h1-16,26,28-29H,17-19H2,(H2,34,35,37)/t26-,28?,29-/m1/s1. The minimum Gasteiger partial charge on any atom is -0.383 e. The lowest BCUT2D eigenvalue weighted by molar-refractivity contribution is -0.157. The highest BCUT2D eigenvalue weighted by molar-refractivity contribution is 5.86. The minimum atomic E-state index is -3.57. The lowest BCUT2D eigenvalue weighted by Gasteiger charge is -2.25. The Balaban J connectivity index is 1.26. The molecular weight excluding hydrogens is 516 g/mol. The molecule has 3 atom stereocenters. The number of benzene rings is 4. The van der Waals surface area contributed by atoms with Gasteiger partial charge in [0.05, 0.1) is 19.8 Å². The van der Waals surface area contributed by atoms with Crippen LogP contribution in [0.15, 0.2) is 102 Å². The van der Waals surface area contributed by atoms with Crippen molar-refractivity contribution in [3.05, 3.63) is 119 Å². The van der Waals surface area contributed by atoms with Gasteiger partial charge in [-0.15, -0.1) is 0 Å². The Hall–Kier alpha value is -4.18. The number of aromatic nitrogens is 2. The normalized spacial score (nSPS) is 20.3. The Bertz CT molecular complexity index is 1710. The molecule has 1 aliphatic rings. The van der Waals surface area contributed by atoms with Crippen molar-refractivity contribution in [3.8, 4) is 0 Å². The second-order valence-electron chi connectivity index (χ2n) is 9.77. The van der Waals surface area contributed by atoms with Crippen LogP contribution in [0.5, 0.6) is 0 Å². The van der Waals surface area contributed by atoms with E-state index in [9.17, 15) is 4.79 Å². The van der Waals surface area contributed by atoms with Crippen LogP contribution in [0.25, 0.3) is 21.5 Å². The maximum absolute atomic E-state index is 15.9. The molecule has 1 saturated heterocycles. The lowest BCUT2D eigenvalue weighted by atomic mass is 10.0. The van der Waals surface area contributed by atoms with Gasteiger partial charge in [-0.2, -0.15) is 13.8 Å². The maximum atomic E-state index is 15.9. The van der Waals surface area contributed by atoms with E-state index in [4.69, 9.17) is 19.9 Å². The van der Waals surface area contributed by atoms with Gasteiger partial charge in [-0.25, -0.2) is 4.79 Å². The van der Waals surface area contributed by atoms with Gasteiger partial charge in [0.2, 0.25) is 6.23 Å². The molecule has 1 aromatic heterocycles. The third-order valence-electron chi connectivity index (χ3n) is 7.17. The molecule has 5 aromatic rings. The molecule has 204 valence electrons. The molecule has 40 heavy (non-hydrogen) atoms. The maximum Gasteiger partial charge on any atom is 0.351 e. The van der Waals surface area contributed by atoms with E-state index >= 15 is 8.78 Å². The number of nitrogen functional groups attached to an aromatic ring is 1. The summed E-state index contributed by atoms with van der Waals surface area (Å²) in [6.07, 6.45) is -3.62. The summed E-state index contributed by atoms with van der Waals surface area (Å²) in [6.45, 7) is -0.0596. The van der Waals surface area contributed by atoms with Crippen LogP contribution in [-0.2, 0) is 27.4 Å². The van der Waals surface area contributed by atoms with Crippen molar-refractivity contribution in [1.29, 1.82) is 0 Å². The van der Waals surface area contributed by atoms with Crippen LogP contribution in [0, 0.1) is 0 Å². The summed E-state index contributed by atoms with van der Waals surface area (Å²) >= 11 is 0. The van der Waals surface area contributed by atoms with Gasteiger partial charge in [0, 0.05) is 6.20 Å². The molecule has 1 unspecified atom stereocenters. The number of halogens is 2. The van der Waals surface area contributed by atoms with E-state index in [1.54, 1.807) is 0 Å². The predicted octanol–water partition coefficient (Wildman–Crippen LogP) is 5.47. The number of rotatable bonds is 8. The zero-order chi connectivity index (χ0) is 27.7. The van der Waals surface area contributed by atoms with Crippen LogP contribution in [0.1, 0.15) is 17.4 Å². The molecule has 4 aromatic carbocycles. The zero-order valence-corrected chi connectivity index (χ0v) is 21.5. The van der Waals surface area contributed by atoms with Crippen LogP contribution >= 0.6 is 0 Å². The van der Waals surface area contributed by atoms with Gasteiger partial charge in [0.15, 0.2) is 6.10 Å². The Kier molecular flexibility index (Phi) is 7.02. The van der Waals surface area contributed by atoms with Gasteiger partial charge in [0.1, 0.15) is 11.9 Å². The predicted molar refractivity (Wildman–Crippen MR) is 148 cm³/mol. The highest BCUT2D eigenvalue weighted by Gasteiger charge is 2.61. The second-order valence-corrected chi connectivity index (χ2v) is 9.77. The van der Waals surface area contributed by atoms with E-state index in [2.05, 4.69) is 4.98 Å². The number of fused-ring (bicyclic) bond motifs is 2. The number of hydrogen-bond donors (Lipinski definition) is 1. The smallest absolute Gasteiger partial charge is 0.351 e. The summed E-state index contributed by atoms with van der Waals surface area (Å²) in [7, 11) is 0. The monoisotopic (exact) mass is 543 g/mol. The first-order valence-corrected chi connectivity index (χ1v) is 12.9. The Labute approximate surface area is 228 Å². The van der Waals surface area contributed by atoms with E-state index in [0.717, 1.165) is 43.4 Å². The van der Waals surface area contributed by atoms with Gasteiger partial charge < -0.3 is 19.9 Å². The molecule has 2 heterocycles. The SMILES string of the molecule is Nc1ccn([C@@H]2O[C@H](COCc3cccc4ccccc34)C(OCc3cccc4ccccc34)C2(F)F)c(=O)n1. The molecule has 7 nitrogen and oxygen atoms in total. The van der Waals surface area contributed by atoms with E-state index < -0.39 is 30.0 Å². The average Bonchev–Trinajstić information content (AvgIpc) is 3.20. The van der Waals surface area contributed by atoms with E-state index in [1.165, 1.54) is 6.07 Å². The first kappa shape index (κ1) is 26.1. The Morgan fingerprint density at radius 1 is 0.850 bits per heavy atom. The molecule has 1 fully saturated rings. The summed E-state index contributed by atoms with van der Waals surface area (Å²) in [5.41, 5.74) is 6.32. The lowest BCUT2D eigenvalue weighted by Crippen LogP contribution is -2.43. The van der Waals surface area contributed by atoms with Crippen LogP contribution in [0.3, 0.4) is 0 Å². The first-order chi connectivity index (χ1) is 19.4. The molecule has 0 radical (unpaired) electrons. The van der Waals surface area contributed by atoms with Crippen molar-refractivity contribution >= 4 is 27.4 Å². The Morgan fingerprint density at radius 2 is 1.45 bits per heavy atom. The molecular formula is C31H27F2N3O4. The van der Waals surface area contributed by atoms with Crippen LogP contribution in [0.4, 0.5) is 14.6 Å². The summed E-state index contributed by atoms with van der Waals surface area (Å²) in [5, 5.41) is 3.96. The molecule has 0 amide bonds. The highest BCUT2D eigenvalue weighted by atomic mass is 19.3. The molecule has 1 aliphatic heterocycles. The summed E-state index contributed by atoms with van der Waals surface area (Å²) in [5.74, 6) is -3.64. The van der Waals surface area contributed by atoms with Gasteiger partial charge in [-0.3, -0.25) is 4.57 Å². The number of nitrogens with zero attached hydrogens (tertiary/aromatic N) is 2. The highest BCUT2D eigenvalue weighted by Crippen LogP contribution is 2.44. The number of alkyl halides is 2. The van der Waals surface area contributed by atoms with Crippen molar-refractivity contribution in [1.82, 2.24) is 9.55 Å². The molecule has 0 aliphatic carbocycles. The number of hydrogen-bond acceptors (Lipinski definition) is 6. The number of nitrogens with two attached hydrogens (primary N) is 1. The van der Waals surface area contributed by atoms with Gasteiger partial charge in [-0.05, 0) is 38.7 Å². The fourth-order valence-corrected chi connectivity index (χ4v) is 5.22. The van der Waals surface area contributed by atoms with Crippen LogP contribution in [0.2, 0.25) is 0 Å². The summed E-state index contributed by atoms with van der Waals surface area (Å²) in [4.78, 5) is 16.1. The topological polar surface area (TPSA) is 88.6 Å². The Morgan fingerprint density at radius 3 is 2.10 bits per heavy atom. The van der Waals surface area contributed by atoms with Crippen LogP contribution < -0.4 is 11.4 Å². The fraction of sp³-hybridized carbons (Fsp3) is 0.226. The summed E-state index contributed by atoms with van der Waals surface area (Å²) < 4.78 is 50.2. The largest absolute Gasteiger partial charge is 0.383 e. The zero-order valence-electron chi connectivity index (χ0n) is 21.5. The summed E-state index contributed by atoms with van der Waals surface area (Å²) in [6, 6.07) is 28.3. The fourth-order valence-electron chi connectivity index (χ4n) is 5.22. The molecule has 9 heteroatoms. The van der Waals surface area contributed by atoms with Gasteiger partial charge in [0.25, 0.3) is 0 Å². The number of ether oxygens (including phenoxy) is 3. The minimum absolute atomic E-state index is 0.0683. The van der Waals surface area contributed by atoms with Crippen molar-refractivity contribution in [2.75, 3.05) is 12.3 Å². The van der Waals surface area contributed by atoms with Gasteiger partial charge in [-0.1, -0.05) is 84.9 Å². The average molecular weight is 544 g/mol. The van der Waals surface area contributed by atoms with E-state index in [0.29, 0.717) is 0 Å². The molecule has 2 N–H and O–H groups in total. The third-order valence-corrected chi connectivity index (χ3v) is 7.17. The van der Waals surface area contributed by atoms with Gasteiger partial charge >= 0.3 is 11.6 Å². The van der Waals surface area contributed by atoms with Crippen LogP contribution in [-0.4, -0.2) is 34.3 Å². The number of anilines is 1. The van der Waals surface area contributed by atoms with E-state index in [1.807, 2.05) is 84.9 Å². The van der Waals surface area contributed by atoms with Crippen molar-refractivity contribution in [2.24, 2.45) is 0 Å². The van der Waals surface area contributed by atoms with E-state index in [-0.39, 0.29) is 25.6 Å². The van der Waals surface area contributed by atoms with Crippen molar-refractivity contribution in [3.63, 3.8) is 0 Å². The third kappa shape index (κ3) is 4.95.